The number of hydrogen-bond acceptors (Lipinski definition) is 4. The molecular formula is C16H28N2OS. The van der Waals surface area contributed by atoms with Crippen LogP contribution < -0.4 is 5.32 Å². The highest BCUT2D eigenvalue weighted by Gasteiger charge is 2.24. The zero-order valence-corrected chi connectivity index (χ0v) is 14.0. The van der Waals surface area contributed by atoms with Gasteiger partial charge in [-0.05, 0) is 31.1 Å². The minimum absolute atomic E-state index is 0.424. The summed E-state index contributed by atoms with van der Waals surface area (Å²) in [7, 11) is 0. The summed E-state index contributed by atoms with van der Waals surface area (Å²) in [5.74, 6) is 1.59. The first kappa shape index (κ1) is 15.9. The summed E-state index contributed by atoms with van der Waals surface area (Å²) in [6, 6.07) is 0.504. The highest BCUT2D eigenvalue weighted by Crippen LogP contribution is 2.30. The monoisotopic (exact) mass is 296 g/mol. The molecule has 114 valence electrons. The lowest BCUT2D eigenvalue weighted by Gasteiger charge is -2.31. The van der Waals surface area contributed by atoms with E-state index >= 15 is 0 Å². The first-order chi connectivity index (χ1) is 9.52. The Morgan fingerprint density at radius 2 is 2.00 bits per heavy atom. The van der Waals surface area contributed by atoms with Crippen LogP contribution >= 0.6 is 11.3 Å². The fourth-order valence-corrected chi connectivity index (χ4v) is 3.73. The number of ether oxygens (including phenoxy) is 1. The molecule has 1 saturated carbocycles. The fourth-order valence-electron chi connectivity index (χ4n) is 3.00. The Balaban J connectivity index is 1.76. The maximum atomic E-state index is 6.07. The van der Waals surface area contributed by atoms with E-state index in [2.05, 4.69) is 43.4 Å². The van der Waals surface area contributed by atoms with Crippen LogP contribution in [0.25, 0.3) is 0 Å². The smallest absolute Gasteiger partial charge is 0.107 e. The topological polar surface area (TPSA) is 34.1 Å². The van der Waals surface area contributed by atoms with Gasteiger partial charge in [0.2, 0.25) is 0 Å². The fraction of sp³-hybridized carbons (Fsp3) is 0.812. The quantitative estimate of drug-likeness (QED) is 0.862. The molecule has 1 aliphatic rings. The van der Waals surface area contributed by atoms with E-state index in [9.17, 15) is 0 Å². The summed E-state index contributed by atoms with van der Waals surface area (Å²) in [4.78, 5) is 4.64. The molecule has 0 bridgehead atoms. The zero-order chi connectivity index (χ0) is 14.5. The summed E-state index contributed by atoms with van der Waals surface area (Å²) < 4.78 is 6.07. The zero-order valence-electron chi connectivity index (χ0n) is 13.2. The Hall–Kier alpha value is -0.450. The van der Waals surface area contributed by atoms with Gasteiger partial charge in [-0.1, -0.05) is 27.7 Å². The van der Waals surface area contributed by atoms with Gasteiger partial charge in [0.1, 0.15) is 5.01 Å². The molecule has 1 aromatic rings. The first-order valence-corrected chi connectivity index (χ1v) is 8.69. The molecule has 0 spiro atoms. The van der Waals surface area contributed by atoms with Crippen LogP contribution in [-0.4, -0.2) is 17.1 Å². The van der Waals surface area contributed by atoms with Crippen LogP contribution in [0.5, 0.6) is 0 Å². The third-order valence-electron chi connectivity index (χ3n) is 3.86. The van der Waals surface area contributed by atoms with Crippen molar-refractivity contribution in [1.82, 2.24) is 10.3 Å². The largest absolute Gasteiger partial charge is 0.372 e. The van der Waals surface area contributed by atoms with E-state index < -0.39 is 0 Å². The van der Waals surface area contributed by atoms with E-state index in [0.29, 0.717) is 18.8 Å². The summed E-state index contributed by atoms with van der Waals surface area (Å²) in [5, 5.41) is 6.69. The Labute approximate surface area is 127 Å². The highest BCUT2D eigenvalue weighted by atomic mass is 32.1. The van der Waals surface area contributed by atoms with Crippen molar-refractivity contribution < 1.29 is 4.74 Å². The Morgan fingerprint density at radius 1 is 1.30 bits per heavy atom. The standard InChI is InChI=1S/C16H28N2OS/c1-11(2)17-8-16-18-14(10-20-16)9-19-15-6-12(3)5-13(4)7-15/h10-13,15,17H,5-9H2,1-4H3. The molecule has 0 amide bonds. The van der Waals surface area contributed by atoms with Crippen LogP contribution in [0.1, 0.15) is 57.7 Å². The molecule has 1 fully saturated rings. The minimum Gasteiger partial charge on any atom is -0.372 e. The third-order valence-corrected chi connectivity index (χ3v) is 4.76. The summed E-state index contributed by atoms with van der Waals surface area (Å²) in [5.41, 5.74) is 1.08. The molecule has 2 unspecified atom stereocenters. The van der Waals surface area contributed by atoms with E-state index in [4.69, 9.17) is 4.74 Å². The van der Waals surface area contributed by atoms with E-state index in [1.165, 1.54) is 19.3 Å². The summed E-state index contributed by atoms with van der Waals surface area (Å²) in [6.07, 6.45) is 4.18. The van der Waals surface area contributed by atoms with Gasteiger partial charge < -0.3 is 10.1 Å². The molecule has 1 N–H and O–H groups in total. The average Bonchev–Trinajstić information content (AvgIpc) is 2.81. The SMILES string of the molecule is CC1CC(C)CC(OCc2csc(CNC(C)C)n2)C1. The molecule has 4 heteroatoms. The lowest BCUT2D eigenvalue weighted by molar-refractivity contribution is -0.0103. The van der Waals surface area contributed by atoms with Crippen LogP contribution in [0.2, 0.25) is 0 Å². The van der Waals surface area contributed by atoms with Crippen LogP contribution in [0.3, 0.4) is 0 Å². The maximum Gasteiger partial charge on any atom is 0.107 e. The second kappa shape index (κ2) is 7.53. The number of nitrogens with one attached hydrogen (secondary N) is 1. The van der Waals surface area contributed by atoms with Crippen molar-refractivity contribution in [2.75, 3.05) is 0 Å². The molecule has 1 aliphatic carbocycles. The molecule has 0 saturated heterocycles. The van der Waals surface area contributed by atoms with Gasteiger partial charge in [0.15, 0.2) is 0 Å². The third kappa shape index (κ3) is 5.15. The summed E-state index contributed by atoms with van der Waals surface area (Å²) >= 11 is 1.73. The molecule has 0 aromatic carbocycles. The van der Waals surface area contributed by atoms with Crippen molar-refractivity contribution in [3.05, 3.63) is 16.1 Å². The van der Waals surface area contributed by atoms with Crippen molar-refractivity contribution in [3.8, 4) is 0 Å². The second-order valence-electron chi connectivity index (χ2n) is 6.62. The summed E-state index contributed by atoms with van der Waals surface area (Å²) in [6.45, 7) is 10.5. The van der Waals surface area contributed by atoms with Gasteiger partial charge in [-0.3, -0.25) is 0 Å². The van der Waals surface area contributed by atoms with Crippen molar-refractivity contribution in [1.29, 1.82) is 0 Å². The van der Waals surface area contributed by atoms with Crippen LogP contribution in [0, 0.1) is 11.8 Å². The van der Waals surface area contributed by atoms with Gasteiger partial charge in [0.05, 0.1) is 18.4 Å². The predicted molar refractivity (Wildman–Crippen MR) is 84.8 cm³/mol. The van der Waals surface area contributed by atoms with Crippen molar-refractivity contribution in [3.63, 3.8) is 0 Å². The number of nitrogens with zero attached hydrogens (tertiary/aromatic N) is 1. The van der Waals surface area contributed by atoms with Gasteiger partial charge >= 0.3 is 0 Å². The van der Waals surface area contributed by atoms with E-state index in [-0.39, 0.29) is 0 Å². The average molecular weight is 296 g/mol. The molecule has 0 aliphatic heterocycles. The number of thiazole rings is 1. The molecule has 20 heavy (non-hydrogen) atoms. The lowest BCUT2D eigenvalue weighted by Crippen LogP contribution is -2.26. The Morgan fingerprint density at radius 3 is 2.65 bits per heavy atom. The minimum atomic E-state index is 0.424. The molecular weight excluding hydrogens is 268 g/mol. The maximum absolute atomic E-state index is 6.07. The Bertz CT molecular complexity index is 395. The van der Waals surface area contributed by atoms with Gasteiger partial charge in [-0.15, -0.1) is 11.3 Å². The molecule has 2 atom stereocenters. The van der Waals surface area contributed by atoms with Crippen molar-refractivity contribution in [2.45, 2.75) is 72.3 Å². The van der Waals surface area contributed by atoms with Gasteiger partial charge in [0, 0.05) is 18.0 Å². The van der Waals surface area contributed by atoms with Gasteiger partial charge in [-0.2, -0.15) is 0 Å². The molecule has 1 aromatic heterocycles. The molecule has 1 heterocycles. The lowest BCUT2D eigenvalue weighted by atomic mass is 9.82. The van der Waals surface area contributed by atoms with Crippen molar-refractivity contribution >= 4 is 11.3 Å². The van der Waals surface area contributed by atoms with Crippen LogP contribution in [0.15, 0.2) is 5.38 Å². The van der Waals surface area contributed by atoms with E-state index in [1.54, 1.807) is 11.3 Å². The van der Waals surface area contributed by atoms with Gasteiger partial charge in [0.25, 0.3) is 0 Å². The Kier molecular flexibility index (Phi) is 6.00. The van der Waals surface area contributed by atoms with Crippen LogP contribution in [-0.2, 0) is 17.9 Å². The van der Waals surface area contributed by atoms with E-state index in [0.717, 1.165) is 29.1 Å². The normalized spacial score (nSPS) is 27.1. The number of aromatic nitrogens is 1. The van der Waals surface area contributed by atoms with Crippen molar-refractivity contribution in [2.24, 2.45) is 11.8 Å². The highest BCUT2D eigenvalue weighted by molar-refractivity contribution is 7.09. The predicted octanol–water partition coefficient (Wildman–Crippen LogP) is 3.98. The molecule has 3 nitrogen and oxygen atoms in total. The molecule has 2 rings (SSSR count). The number of hydrogen-bond donors (Lipinski definition) is 1. The van der Waals surface area contributed by atoms with Gasteiger partial charge in [-0.25, -0.2) is 4.98 Å². The molecule has 0 radical (unpaired) electrons. The second-order valence-corrected chi connectivity index (χ2v) is 7.56. The van der Waals surface area contributed by atoms with Crippen LogP contribution in [0.4, 0.5) is 0 Å². The van der Waals surface area contributed by atoms with E-state index in [1.807, 2.05) is 0 Å². The number of rotatable bonds is 6. The first-order valence-electron chi connectivity index (χ1n) is 7.81.